The molecule has 0 unspecified atom stereocenters. The first-order valence-electron chi connectivity index (χ1n) is 8.35. The van der Waals surface area contributed by atoms with Crippen LogP contribution in [0.2, 0.25) is 5.02 Å². The maximum Gasteiger partial charge on any atom is 0.255 e. The molecule has 1 aromatic heterocycles. The maximum atomic E-state index is 12.5. The van der Waals surface area contributed by atoms with Crippen molar-refractivity contribution < 1.29 is 9.59 Å². The van der Waals surface area contributed by atoms with Crippen LogP contribution in [0, 0.1) is 0 Å². The summed E-state index contributed by atoms with van der Waals surface area (Å²) in [6.45, 7) is 2.39. The van der Waals surface area contributed by atoms with Gasteiger partial charge in [-0.1, -0.05) is 23.7 Å². The van der Waals surface area contributed by atoms with E-state index in [0.717, 1.165) is 12.0 Å². The van der Waals surface area contributed by atoms with Gasteiger partial charge in [0.15, 0.2) is 0 Å². The summed E-state index contributed by atoms with van der Waals surface area (Å²) >= 11 is 5.98. The molecule has 25 heavy (non-hydrogen) atoms. The Labute approximate surface area is 152 Å². The first-order valence-corrected chi connectivity index (χ1v) is 8.73. The Kier molecular flexibility index (Phi) is 5.66. The van der Waals surface area contributed by atoms with Crippen LogP contribution < -0.4 is 0 Å². The van der Waals surface area contributed by atoms with Gasteiger partial charge >= 0.3 is 0 Å². The molecule has 130 valence electrons. The zero-order valence-electron chi connectivity index (χ0n) is 13.9. The van der Waals surface area contributed by atoms with Crippen molar-refractivity contribution in [3.05, 3.63) is 64.9 Å². The summed E-state index contributed by atoms with van der Waals surface area (Å²) < 4.78 is 0. The van der Waals surface area contributed by atoms with Gasteiger partial charge in [-0.2, -0.15) is 0 Å². The van der Waals surface area contributed by atoms with Crippen molar-refractivity contribution in [2.75, 3.05) is 26.2 Å². The van der Waals surface area contributed by atoms with Gasteiger partial charge in [0.1, 0.15) is 0 Å². The first kappa shape index (κ1) is 17.4. The third kappa shape index (κ3) is 4.57. The second kappa shape index (κ2) is 8.12. The predicted octanol–water partition coefficient (Wildman–Crippen LogP) is 2.65. The average molecular weight is 358 g/mol. The standard InChI is InChI=1S/C19H20ClN3O2/c20-17-6-1-4-15(12-17)13-18(24)22-8-3-9-23(11-10-22)19(25)16-5-2-7-21-14-16/h1-2,4-7,12,14H,3,8-11,13H2. The number of amides is 2. The van der Waals surface area contributed by atoms with E-state index in [1.165, 1.54) is 0 Å². The third-order valence-corrected chi connectivity index (χ3v) is 4.52. The van der Waals surface area contributed by atoms with Crippen molar-refractivity contribution in [3.63, 3.8) is 0 Å². The molecule has 0 saturated carbocycles. The number of pyridine rings is 1. The van der Waals surface area contributed by atoms with E-state index in [-0.39, 0.29) is 11.8 Å². The molecule has 1 aliphatic heterocycles. The second-order valence-electron chi connectivity index (χ2n) is 6.07. The molecule has 0 aliphatic carbocycles. The topological polar surface area (TPSA) is 53.5 Å². The molecule has 6 heteroatoms. The normalized spacial score (nSPS) is 14.9. The summed E-state index contributed by atoms with van der Waals surface area (Å²) in [5.41, 5.74) is 1.49. The van der Waals surface area contributed by atoms with Crippen LogP contribution in [0.3, 0.4) is 0 Å². The molecule has 3 rings (SSSR count). The number of carbonyl (C=O) groups excluding carboxylic acids is 2. The van der Waals surface area contributed by atoms with E-state index in [0.29, 0.717) is 43.2 Å². The van der Waals surface area contributed by atoms with Crippen molar-refractivity contribution in [1.82, 2.24) is 14.8 Å². The molecule has 1 saturated heterocycles. The van der Waals surface area contributed by atoms with Gasteiger partial charge in [-0.3, -0.25) is 14.6 Å². The van der Waals surface area contributed by atoms with E-state index in [2.05, 4.69) is 4.98 Å². The van der Waals surface area contributed by atoms with Gasteiger partial charge in [0, 0.05) is 43.6 Å². The smallest absolute Gasteiger partial charge is 0.255 e. The van der Waals surface area contributed by atoms with Crippen molar-refractivity contribution in [2.45, 2.75) is 12.8 Å². The van der Waals surface area contributed by atoms with Gasteiger partial charge in [0.2, 0.25) is 5.91 Å². The molecule has 1 aromatic carbocycles. The van der Waals surface area contributed by atoms with E-state index in [1.807, 2.05) is 23.1 Å². The lowest BCUT2D eigenvalue weighted by molar-refractivity contribution is -0.130. The Bertz CT molecular complexity index is 751. The highest BCUT2D eigenvalue weighted by Crippen LogP contribution is 2.14. The Morgan fingerprint density at radius 3 is 2.60 bits per heavy atom. The largest absolute Gasteiger partial charge is 0.341 e. The summed E-state index contributed by atoms with van der Waals surface area (Å²) in [5, 5.41) is 0.634. The van der Waals surface area contributed by atoms with Crippen molar-refractivity contribution in [2.24, 2.45) is 0 Å². The predicted molar refractivity (Wildman–Crippen MR) is 96.5 cm³/mol. The molecule has 0 spiro atoms. The Morgan fingerprint density at radius 1 is 1.04 bits per heavy atom. The van der Waals surface area contributed by atoms with E-state index >= 15 is 0 Å². The summed E-state index contributed by atoms with van der Waals surface area (Å²) in [5.74, 6) is 0.0372. The monoisotopic (exact) mass is 357 g/mol. The van der Waals surface area contributed by atoms with Crippen molar-refractivity contribution >= 4 is 23.4 Å². The fourth-order valence-electron chi connectivity index (χ4n) is 2.98. The molecule has 0 radical (unpaired) electrons. The summed E-state index contributed by atoms with van der Waals surface area (Å²) in [6.07, 6.45) is 4.33. The zero-order chi connectivity index (χ0) is 17.6. The fraction of sp³-hybridized carbons (Fsp3) is 0.316. The van der Waals surface area contributed by atoms with Crippen LogP contribution >= 0.6 is 11.6 Å². The van der Waals surface area contributed by atoms with Crippen LogP contribution in [0.5, 0.6) is 0 Å². The van der Waals surface area contributed by atoms with Crippen LogP contribution in [0.1, 0.15) is 22.3 Å². The summed E-state index contributed by atoms with van der Waals surface area (Å²) in [4.78, 5) is 32.7. The van der Waals surface area contributed by atoms with Crippen LogP contribution in [-0.4, -0.2) is 52.8 Å². The molecule has 2 aromatic rings. The van der Waals surface area contributed by atoms with Crippen LogP contribution in [0.15, 0.2) is 48.8 Å². The quantitative estimate of drug-likeness (QED) is 0.848. The number of carbonyl (C=O) groups is 2. The van der Waals surface area contributed by atoms with Gasteiger partial charge in [-0.05, 0) is 36.2 Å². The molecule has 1 fully saturated rings. The Hall–Kier alpha value is -2.40. The van der Waals surface area contributed by atoms with Crippen LogP contribution in [0.4, 0.5) is 0 Å². The second-order valence-corrected chi connectivity index (χ2v) is 6.51. The van der Waals surface area contributed by atoms with Crippen molar-refractivity contribution in [1.29, 1.82) is 0 Å². The molecule has 0 bridgehead atoms. The van der Waals surface area contributed by atoms with Gasteiger partial charge in [-0.25, -0.2) is 0 Å². The number of halogens is 1. The van der Waals surface area contributed by atoms with Gasteiger partial charge < -0.3 is 9.80 Å². The van der Waals surface area contributed by atoms with Gasteiger partial charge in [-0.15, -0.1) is 0 Å². The average Bonchev–Trinajstić information content (AvgIpc) is 2.88. The molecular formula is C19H20ClN3O2. The minimum absolute atomic E-state index is 0.0303. The highest BCUT2D eigenvalue weighted by atomic mass is 35.5. The number of nitrogens with zero attached hydrogens (tertiary/aromatic N) is 3. The van der Waals surface area contributed by atoms with Gasteiger partial charge in [0.05, 0.1) is 12.0 Å². The first-order chi connectivity index (χ1) is 12.1. The third-order valence-electron chi connectivity index (χ3n) is 4.29. The van der Waals surface area contributed by atoms with E-state index < -0.39 is 0 Å². The SMILES string of the molecule is O=C(Cc1cccc(Cl)c1)N1CCCN(C(=O)c2cccnc2)CC1. The summed E-state index contributed by atoms with van der Waals surface area (Å²) in [6, 6.07) is 10.9. The molecule has 0 N–H and O–H groups in total. The zero-order valence-corrected chi connectivity index (χ0v) is 14.7. The molecule has 2 amide bonds. The molecule has 2 heterocycles. The molecule has 5 nitrogen and oxygen atoms in total. The number of rotatable bonds is 3. The molecular weight excluding hydrogens is 338 g/mol. The number of aromatic nitrogens is 1. The van der Waals surface area contributed by atoms with Gasteiger partial charge in [0.25, 0.3) is 5.91 Å². The lowest BCUT2D eigenvalue weighted by atomic mass is 10.1. The van der Waals surface area contributed by atoms with E-state index in [9.17, 15) is 9.59 Å². The highest BCUT2D eigenvalue weighted by Gasteiger charge is 2.23. The fourth-order valence-corrected chi connectivity index (χ4v) is 3.19. The number of benzene rings is 1. The maximum absolute atomic E-state index is 12.5. The van der Waals surface area contributed by atoms with Crippen LogP contribution in [0.25, 0.3) is 0 Å². The van der Waals surface area contributed by atoms with Crippen LogP contribution in [-0.2, 0) is 11.2 Å². The number of hydrogen-bond donors (Lipinski definition) is 0. The van der Waals surface area contributed by atoms with E-state index in [4.69, 9.17) is 11.6 Å². The Morgan fingerprint density at radius 2 is 1.84 bits per heavy atom. The lowest BCUT2D eigenvalue weighted by Gasteiger charge is -2.22. The number of hydrogen-bond acceptors (Lipinski definition) is 3. The molecule has 1 aliphatic rings. The minimum atomic E-state index is -0.0303. The summed E-state index contributed by atoms with van der Waals surface area (Å²) in [7, 11) is 0. The minimum Gasteiger partial charge on any atom is -0.341 e. The lowest BCUT2D eigenvalue weighted by Crippen LogP contribution is -2.38. The highest BCUT2D eigenvalue weighted by molar-refractivity contribution is 6.30. The molecule has 0 atom stereocenters. The van der Waals surface area contributed by atoms with Crippen molar-refractivity contribution in [3.8, 4) is 0 Å². The Balaban J connectivity index is 1.59. The van der Waals surface area contributed by atoms with E-state index in [1.54, 1.807) is 35.5 Å².